The first-order valence-electron chi connectivity index (χ1n) is 4.66. The molecule has 0 radical (unpaired) electrons. The van der Waals surface area contributed by atoms with Gasteiger partial charge in [0.15, 0.2) is 5.76 Å². The van der Waals surface area contributed by atoms with Gasteiger partial charge >= 0.3 is 5.97 Å². The molecule has 0 unspecified atom stereocenters. The zero-order valence-corrected chi connectivity index (χ0v) is 8.82. The number of halogens is 1. The summed E-state index contributed by atoms with van der Waals surface area (Å²) in [7, 11) is 0. The highest BCUT2D eigenvalue weighted by molar-refractivity contribution is 6.27. The van der Waals surface area contributed by atoms with Gasteiger partial charge in [0, 0.05) is 11.1 Å². The molecule has 0 bridgehead atoms. The molecule has 16 heavy (non-hydrogen) atoms. The van der Waals surface area contributed by atoms with Crippen LogP contribution < -0.4 is 0 Å². The van der Waals surface area contributed by atoms with Crippen molar-refractivity contribution in [3.63, 3.8) is 0 Å². The van der Waals surface area contributed by atoms with Crippen LogP contribution in [0.15, 0.2) is 28.8 Å². The fourth-order valence-corrected chi connectivity index (χ4v) is 1.89. The molecule has 1 aromatic heterocycles. The lowest BCUT2D eigenvalue weighted by molar-refractivity contribution is 0.0535. The van der Waals surface area contributed by atoms with Crippen LogP contribution in [0.5, 0.6) is 0 Å². The van der Waals surface area contributed by atoms with E-state index in [0.29, 0.717) is 11.3 Å². The summed E-state index contributed by atoms with van der Waals surface area (Å²) in [4.78, 5) is 15.2. The van der Waals surface area contributed by atoms with E-state index in [4.69, 9.17) is 20.8 Å². The quantitative estimate of drug-likeness (QED) is 0.713. The Hall–Kier alpha value is -1.81. The third kappa shape index (κ3) is 1.31. The van der Waals surface area contributed by atoms with Crippen LogP contribution in [-0.4, -0.2) is 11.0 Å². The van der Waals surface area contributed by atoms with Crippen LogP contribution >= 0.6 is 11.6 Å². The molecule has 0 saturated heterocycles. The van der Waals surface area contributed by atoms with E-state index in [1.807, 2.05) is 6.07 Å². The van der Waals surface area contributed by atoms with Crippen LogP contribution in [0, 0.1) is 0 Å². The van der Waals surface area contributed by atoms with Gasteiger partial charge in [-0.05, 0) is 17.7 Å². The largest absolute Gasteiger partial charge is 0.457 e. The second-order valence-electron chi connectivity index (χ2n) is 3.39. The van der Waals surface area contributed by atoms with Crippen molar-refractivity contribution < 1.29 is 13.9 Å². The highest BCUT2D eigenvalue weighted by atomic mass is 35.5. The molecule has 0 atom stereocenters. The van der Waals surface area contributed by atoms with Gasteiger partial charge in [-0.3, -0.25) is 0 Å². The number of carbonyl (C=O) groups excluding carboxylic acids is 1. The lowest BCUT2D eigenvalue weighted by Crippen LogP contribution is -1.93. The first kappa shape index (κ1) is 9.42. The van der Waals surface area contributed by atoms with Gasteiger partial charge < -0.3 is 9.15 Å². The molecule has 0 spiro atoms. The Balaban J connectivity index is 2.19. The van der Waals surface area contributed by atoms with Crippen LogP contribution in [-0.2, 0) is 11.3 Å². The molecule has 80 valence electrons. The lowest BCUT2D eigenvalue weighted by atomic mass is 10.0. The number of rotatable bonds is 1. The molecule has 4 nitrogen and oxygen atoms in total. The average Bonchev–Trinajstić information content (AvgIpc) is 2.86. The average molecular weight is 236 g/mol. The van der Waals surface area contributed by atoms with E-state index in [-0.39, 0.29) is 17.9 Å². The van der Waals surface area contributed by atoms with Crippen molar-refractivity contribution in [1.29, 1.82) is 0 Å². The number of ether oxygens (including phenoxy) is 1. The first-order chi connectivity index (χ1) is 7.75. The van der Waals surface area contributed by atoms with Gasteiger partial charge in [-0.25, -0.2) is 9.78 Å². The number of benzene rings is 1. The normalized spacial score (nSPS) is 13.7. The molecule has 0 amide bonds. The van der Waals surface area contributed by atoms with E-state index in [0.717, 1.165) is 11.1 Å². The maximum Gasteiger partial charge on any atom is 0.338 e. The summed E-state index contributed by atoms with van der Waals surface area (Å²) in [6.07, 6.45) is 1.53. The molecule has 0 fully saturated rings. The molecule has 0 aliphatic carbocycles. The van der Waals surface area contributed by atoms with Gasteiger partial charge in [-0.1, -0.05) is 12.1 Å². The Morgan fingerprint density at radius 3 is 2.88 bits per heavy atom. The minimum atomic E-state index is -0.303. The van der Waals surface area contributed by atoms with Crippen molar-refractivity contribution in [2.75, 3.05) is 0 Å². The predicted octanol–water partition coefficient (Wildman–Crippen LogP) is 2.67. The highest BCUT2D eigenvalue weighted by Gasteiger charge is 2.25. The smallest absolute Gasteiger partial charge is 0.338 e. The molecule has 1 aliphatic heterocycles. The van der Waals surface area contributed by atoms with Gasteiger partial charge in [0.25, 0.3) is 5.35 Å². The van der Waals surface area contributed by atoms with Crippen LogP contribution in [0.25, 0.3) is 11.3 Å². The maximum absolute atomic E-state index is 11.4. The predicted molar refractivity (Wildman–Crippen MR) is 56.1 cm³/mol. The van der Waals surface area contributed by atoms with E-state index in [1.54, 1.807) is 12.1 Å². The van der Waals surface area contributed by atoms with Crippen molar-refractivity contribution in [2.24, 2.45) is 0 Å². The van der Waals surface area contributed by atoms with Crippen molar-refractivity contribution >= 4 is 17.6 Å². The molecule has 2 heterocycles. The number of esters is 1. The summed E-state index contributed by atoms with van der Waals surface area (Å²) in [6.45, 7) is 0.267. The highest BCUT2D eigenvalue weighted by Crippen LogP contribution is 2.32. The van der Waals surface area contributed by atoms with Gasteiger partial charge in [0.05, 0.1) is 11.8 Å². The minimum Gasteiger partial charge on any atom is -0.457 e. The van der Waals surface area contributed by atoms with Crippen LogP contribution in [0.3, 0.4) is 0 Å². The second-order valence-corrected chi connectivity index (χ2v) is 3.71. The second kappa shape index (κ2) is 3.35. The molecular weight excluding hydrogens is 230 g/mol. The Morgan fingerprint density at radius 1 is 1.31 bits per heavy atom. The Morgan fingerprint density at radius 2 is 2.12 bits per heavy atom. The standard InChI is InChI=1S/C11H6ClNO3/c12-11-13-4-9(16-11)6-2-1-3-7-8(6)5-15-10(7)14/h1-4H,5H2. The SMILES string of the molecule is O=C1OCc2c1cccc2-c1cnc(Cl)o1. The number of aromatic nitrogens is 1. The van der Waals surface area contributed by atoms with Gasteiger partial charge in [0.2, 0.25) is 0 Å². The number of hydrogen-bond acceptors (Lipinski definition) is 4. The summed E-state index contributed by atoms with van der Waals surface area (Å²) >= 11 is 5.61. The van der Waals surface area contributed by atoms with Crippen LogP contribution in [0.1, 0.15) is 15.9 Å². The van der Waals surface area contributed by atoms with E-state index >= 15 is 0 Å². The monoisotopic (exact) mass is 235 g/mol. The van der Waals surface area contributed by atoms with Crippen molar-refractivity contribution in [1.82, 2.24) is 4.98 Å². The third-order valence-electron chi connectivity index (χ3n) is 2.49. The summed E-state index contributed by atoms with van der Waals surface area (Å²) in [5, 5.41) is 0.0813. The van der Waals surface area contributed by atoms with Crippen molar-refractivity contribution in [3.8, 4) is 11.3 Å². The summed E-state index contributed by atoms with van der Waals surface area (Å²) in [5.74, 6) is 0.239. The fraction of sp³-hybridized carbons (Fsp3) is 0.0909. The minimum absolute atomic E-state index is 0.0813. The molecule has 1 aliphatic rings. The topological polar surface area (TPSA) is 52.3 Å². The molecular formula is C11H6ClNO3. The summed E-state index contributed by atoms with van der Waals surface area (Å²) in [6, 6.07) is 5.35. The van der Waals surface area contributed by atoms with E-state index in [1.165, 1.54) is 6.20 Å². The number of fused-ring (bicyclic) bond motifs is 1. The Bertz CT molecular complexity index is 576. The van der Waals surface area contributed by atoms with Gasteiger partial charge in [-0.2, -0.15) is 0 Å². The maximum atomic E-state index is 11.4. The summed E-state index contributed by atoms with van der Waals surface area (Å²) < 4.78 is 10.2. The number of hydrogen-bond donors (Lipinski definition) is 0. The molecule has 0 N–H and O–H groups in total. The number of nitrogens with zero attached hydrogens (tertiary/aromatic N) is 1. The third-order valence-corrected chi connectivity index (χ3v) is 2.66. The van der Waals surface area contributed by atoms with Gasteiger partial charge in [-0.15, -0.1) is 0 Å². The van der Waals surface area contributed by atoms with Gasteiger partial charge in [0.1, 0.15) is 6.61 Å². The Kier molecular flexibility index (Phi) is 1.97. The fourth-order valence-electron chi connectivity index (χ4n) is 1.76. The van der Waals surface area contributed by atoms with E-state index in [9.17, 15) is 4.79 Å². The van der Waals surface area contributed by atoms with E-state index in [2.05, 4.69) is 4.98 Å². The molecule has 1 aromatic carbocycles. The lowest BCUT2D eigenvalue weighted by Gasteiger charge is -2.00. The molecule has 5 heteroatoms. The number of carbonyl (C=O) groups is 1. The van der Waals surface area contributed by atoms with E-state index < -0.39 is 0 Å². The first-order valence-corrected chi connectivity index (χ1v) is 5.04. The zero-order chi connectivity index (χ0) is 11.1. The number of oxazole rings is 1. The molecule has 0 saturated carbocycles. The zero-order valence-electron chi connectivity index (χ0n) is 8.07. The Labute approximate surface area is 95.8 Å². The van der Waals surface area contributed by atoms with Crippen LogP contribution in [0.4, 0.5) is 0 Å². The van der Waals surface area contributed by atoms with Crippen LogP contribution in [0.2, 0.25) is 5.35 Å². The molecule has 3 rings (SSSR count). The van der Waals surface area contributed by atoms with Crippen molar-refractivity contribution in [3.05, 3.63) is 40.9 Å². The van der Waals surface area contributed by atoms with Crippen molar-refractivity contribution in [2.45, 2.75) is 6.61 Å². The summed E-state index contributed by atoms with van der Waals surface area (Å²) in [5.41, 5.74) is 2.19. The number of cyclic esters (lactones) is 1. The molecule has 2 aromatic rings.